The number of rotatable bonds is 0. The molecule has 0 aromatic heterocycles. The molecule has 3 rings (SSSR count). The largest absolute Gasteiger partial charge is 0.374 e. The van der Waals surface area contributed by atoms with E-state index in [2.05, 4.69) is 20.8 Å². The highest BCUT2D eigenvalue weighted by Gasteiger charge is 2.65. The summed E-state index contributed by atoms with van der Waals surface area (Å²) in [6.07, 6.45) is 3.94. The van der Waals surface area contributed by atoms with E-state index in [0.29, 0.717) is 17.6 Å². The van der Waals surface area contributed by atoms with Crippen LogP contribution in [-0.2, 0) is 4.74 Å². The molecule has 0 spiro atoms. The first-order valence-corrected chi connectivity index (χ1v) is 5.29. The van der Waals surface area contributed by atoms with Gasteiger partial charge in [-0.2, -0.15) is 0 Å². The van der Waals surface area contributed by atoms with Crippen molar-refractivity contribution in [2.75, 3.05) is 0 Å². The zero-order valence-corrected chi connectivity index (χ0v) is 8.21. The van der Waals surface area contributed by atoms with Crippen molar-refractivity contribution >= 4 is 0 Å². The fourth-order valence-corrected chi connectivity index (χ4v) is 4.18. The van der Waals surface area contributed by atoms with Gasteiger partial charge in [0, 0.05) is 5.41 Å². The Kier molecular flexibility index (Phi) is 1.16. The summed E-state index contributed by atoms with van der Waals surface area (Å²) in [4.78, 5) is 0. The summed E-state index contributed by atoms with van der Waals surface area (Å²) in [6.45, 7) is 7.16. The molecule has 1 nitrogen and oxygen atoms in total. The first kappa shape index (κ1) is 7.37. The SMILES string of the molecule is CC1O[C@@H]2C[C@H]3C[C@@H]2[C@]1(C)[C@@H]3C. The summed E-state index contributed by atoms with van der Waals surface area (Å²) in [6, 6.07) is 0. The molecule has 3 fully saturated rings. The Morgan fingerprint density at radius 1 is 1.25 bits per heavy atom. The lowest BCUT2D eigenvalue weighted by Gasteiger charge is -2.36. The molecular formula is C11H18O. The van der Waals surface area contributed by atoms with Crippen LogP contribution in [0.2, 0.25) is 0 Å². The Morgan fingerprint density at radius 2 is 2.00 bits per heavy atom. The Hall–Kier alpha value is -0.0400. The monoisotopic (exact) mass is 166 g/mol. The molecule has 0 aromatic rings. The van der Waals surface area contributed by atoms with E-state index in [1.165, 1.54) is 12.8 Å². The van der Waals surface area contributed by atoms with Gasteiger partial charge in [0.25, 0.3) is 0 Å². The number of hydrogen-bond donors (Lipinski definition) is 0. The van der Waals surface area contributed by atoms with E-state index in [4.69, 9.17) is 4.74 Å². The van der Waals surface area contributed by atoms with Gasteiger partial charge in [0.2, 0.25) is 0 Å². The van der Waals surface area contributed by atoms with Crippen LogP contribution in [0.1, 0.15) is 33.6 Å². The first-order chi connectivity index (χ1) is 5.64. The van der Waals surface area contributed by atoms with Gasteiger partial charge in [0.15, 0.2) is 0 Å². The zero-order chi connectivity index (χ0) is 8.51. The van der Waals surface area contributed by atoms with E-state index in [0.717, 1.165) is 17.8 Å². The van der Waals surface area contributed by atoms with Crippen LogP contribution in [0.5, 0.6) is 0 Å². The van der Waals surface area contributed by atoms with Crippen molar-refractivity contribution in [3.8, 4) is 0 Å². The van der Waals surface area contributed by atoms with Gasteiger partial charge in [0.05, 0.1) is 12.2 Å². The lowest BCUT2D eigenvalue weighted by Crippen LogP contribution is -2.36. The lowest BCUT2D eigenvalue weighted by atomic mass is 9.67. The quantitative estimate of drug-likeness (QED) is 0.537. The van der Waals surface area contributed by atoms with Gasteiger partial charge >= 0.3 is 0 Å². The molecule has 1 saturated heterocycles. The van der Waals surface area contributed by atoms with E-state index >= 15 is 0 Å². The molecule has 0 aromatic carbocycles. The van der Waals surface area contributed by atoms with Crippen LogP contribution in [0.4, 0.5) is 0 Å². The molecule has 0 amide bonds. The molecule has 1 heteroatoms. The minimum atomic E-state index is 0.509. The summed E-state index contributed by atoms with van der Waals surface area (Å²) in [5, 5.41) is 0. The molecular weight excluding hydrogens is 148 g/mol. The van der Waals surface area contributed by atoms with Crippen LogP contribution >= 0.6 is 0 Å². The third-order valence-corrected chi connectivity index (χ3v) is 5.28. The van der Waals surface area contributed by atoms with Gasteiger partial charge in [-0.15, -0.1) is 0 Å². The van der Waals surface area contributed by atoms with Gasteiger partial charge < -0.3 is 4.74 Å². The number of fused-ring (bicyclic) bond motifs is 1. The van der Waals surface area contributed by atoms with Gasteiger partial charge in [-0.05, 0) is 37.5 Å². The van der Waals surface area contributed by atoms with Gasteiger partial charge in [-0.25, -0.2) is 0 Å². The van der Waals surface area contributed by atoms with Crippen LogP contribution in [0.15, 0.2) is 0 Å². The second-order valence-electron chi connectivity index (χ2n) is 5.31. The summed E-state index contributed by atoms with van der Waals surface area (Å²) in [5.41, 5.74) is 0.521. The predicted octanol–water partition coefficient (Wildman–Crippen LogP) is 2.46. The average Bonchev–Trinajstić information content (AvgIpc) is 2.56. The second kappa shape index (κ2) is 1.89. The first-order valence-electron chi connectivity index (χ1n) is 5.29. The van der Waals surface area contributed by atoms with E-state index in [1.54, 1.807) is 0 Å². The van der Waals surface area contributed by atoms with Crippen molar-refractivity contribution in [3.63, 3.8) is 0 Å². The third-order valence-electron chi connectivity index (χ3n) is 5.28. The molecule has 2 aliphatic carbocycles. The highest BCUT2D eigenvalue weighted by atomic mass is 16.5. The van der Waals surface area contributed by atoms with Crippen molar-refractivity contribution in [1.29, 1.82) is 0 Å². The third kappa shape index (κ3) is 0.555. The fraction of sp³-hybridized carbons (Fsp3) is 1.00. The van der Waals surface area contributed by atoms with E-state index in [1.807, 2.05) is 0 Å². The molecule has 1 unspecified atom stereocenters. The average molecular weight is 166 g/mol. The molecule has 1 aliphatic heterocycles. The summed E-state index contributed by atoms with van der Waals surface area (Å²) < 4.78 is 6.01. The van der Waals surface area contributed by atoms with Gasteiger partial charge in [-0.1, -0.05) is 13.8 Å². The topological polar surface area (TPSA) is 9.23 Å². The summed E-state index contributed by atoms with van der Waals surface area (Å²) in [5.74, 6) is 2.78. The Balaban J connectivity index is 2.08. The standard InChI is InChI=1S/C11H18O/c1-6-8-4-9-10(5-8)12-7(2)11(6,9)3/h6-10H,4-5H2,1-3H3/t6-,7?,8-,9+,10-,11-/m1/s1. The number of hydrogen-bond acceptors (Lipinski definition) is 1. The summed E-state index contributed by atoms with van der Waals surface area (Å²) in [7, 11) is 0. The van der Waals surface area contributed by atoms with Crippen LogP contribution in [-0.4, -0.2) is 12.2 Å². The van der Waals surface area contributed by atoms with E-state index in [-0.39, 0.29) is 0 Å². The smallest absolute Gasteiger partial charge is 0.0616 e. The Bertz CT molecular complexity index is 223. The fourth-order valence-electron chi connectivity index (χ4n) is 4.18. The van der Waals surface area contributed by atoms with Crippen LogP contribution in [0, 0.1) is 23.2 Å². The van der Waals surface area contributed by atoms with Crippen molar-refractivity contribution in [2.45, 2.75) is 45.8 Å². The van der Waals surface area contributed by atoms with E-state index in [9.17, 15) is 0 Å². The van der Waals surface area contributed by atoms with Crippen LogP contribution < -0.4 is 0 Å². The predicted molar refractivity (Wildman–Crippen MR) is 47.8 cm³/mol. The van der Waals surface area contributed by atoms with Crippen LogP contribution in [0.25, 0.3) is 0 Å². The number of ether oxygens (including phenoxy) is 1. The molecule has 6 atom stereocenters. The van der Waals surface area contributed by atoms with Crippen molar-refractivity contribution < 1.29 is 4.74 Å². The van der Waals surface area contributed by atoms with Gasteiger partial charge in [-0.3, -0.25) is 0 Å². The molecule has 0 radical (unpaired) electrons. The second-order valence-corrected chi connectivity index (χ2v) is 5.31. The highest BCUT2D eigenvalue weighted by Crippen LogP contribution is 2.66. The maximum absolute atomic E-state index is 6.01. The Morgan fingerprint density at radius 3 is 2.58 bits per heavy atom. The minimum absolute atomic E-state index is 0.509. The zero-order valence-electron chi connectivity index (χ0n) is 8.21. The molecule has 3 aliphatic rings. The summed E-state index contributed by atoms with van der Waals surface area (Å²) >= 11 is 0. The molecule has 1 heterocycles. The Labute approximate surface area is 74.5 Å². The highest BCUT2D eigenvalue weighted by molar-refractivity contribution is 5.12. The van der Waals surface area contributed by atoms with Crippen molar-refractivity contribution in [1.82, 2.24) is 0 Å². The lowest BCUT2D eigenvalue weighted by molar-refractivity contribution is 0.0331. The minimum Gasteiger partial charge on any atom is -0.374 e. The molecule has 0 N–H and O–H groups in total. The maximum Gasteiger partial charge on any atom is 0.0616 e. The molecule has 68 valence electrons. The molecule has 2 bridgehead atoms. The van der Waals surface area contributed by atoms with Crippen molar-refractivity contribution in [3.05, 3.63) is 0 Å². The van der Waals surface area contributed by atoms with Crippen LogP contribution in [0.3, 0.4) is 0 Å². The normalized spacial score (nSPS) is 67.8. The maximum atomic E-state index is 6.01. The van der Waals surface area contributed by atoms with Crippen molar-refractivity contribution in [2.24, 2.45) is 23.2 Å². The van der Waals surface area contributed by atoms with E-state index < -0.39 is 0 Å². The van der Waals surface area contributed by atoms with Gasteiger partial charge in [0.1, 0.15) is 0 Å². The molecule has 12 heavy (non-hydrogen) atoms. The molecule has 2 saturated carbocycles.